The van der Waals surface area contributed by atoms with Crippen molar-refractivity contribution in [2.24, 2.45) is 9.98 Å². The Labute approximate surface area is 283 Å². The molecule has 0 aliphatic rings. The molecule has 0 N–H and O–H groups in total. The van der Waals surface area contributed by atoms with Gasteiger partial charge in [-0.25, -0.2) is 4.98 Å². The summed E-state index contributed by atoms with van der Waals surface area (Å²) in [7, 11) is 10.4. The first-order chi connectivity index (χ1) is 18.7. The number of aromatic nitrogens is 1. The van der Waals surface area contributed by atoms with Crippen LogP contribution in [0.15, 0.2) is 64.6 Å². The van der Waals surface area contributed by atoms with Gasteiger partial charge >= 0.3 is 50.0 Å². The van der Waals surface area contributed by atoms with Crippen molar-refractivity contribution in [3.05, 3.63) is 88.2 Å². The van der Waals surface area contributed by atoms with Gasteiger partial charge in [0.25, 0.3) is 0 Å². The molecular weight excluding hydrogens is 818 g/mol. The summed E-state index contributed by atoms with van der Waals surface area (Å²) in [6.45, 7) is 22.0. The third-order valence-electron chi connectivity index (χ3n) is 6.73. The number of pyridine rings is 1. The summed E-state index contributed by atoms with van der Waals surface area (Å²) in [6, 6.07) is 19.2. The second-order valence-electron chi connectivity index (χ2n) is 11.2. The van der Waals surface area contributed by atoms with E-state index >= 15 is 0 Å². The Morgan fingerprint density at radius 3 is 1.10 bits per heavy atom. The first kappa shape index (κ1) is 38.5. The van der Waals surface area contributed by atoms with Crippen molar-refractivity contribution >= 4 is 72.8 Å². The zero-order valence-corrected chi connectivity index (χ0v) is 32.7. The largest absolute Gasteiger partial charge is 0 e. The van der Waals surface area contributed by atoms with Crippen molar-refractivity contribution in [2.45, 2.75) is 92.9 Å². The molecule has 0 aliphatic carbocycles. The van der Waals surface area contributed by atoms with Gasteiger partial charge in [0.15, 0.2) is 0 Å². The molecule has 3 rings (SSSR count). The molecule has 0 aliphatic heterocycles. The summed E-state index contributed by atoms with van der Waals surface area (Å²) in [5, 5.41) is 0. The average Bonchev–Trinajstić information content (AvgIpc) is 2.88. The second-order valence-corrected chi connectivity index (χ2v) is 28.8. The number of hydrogen-bond acceptors (Lipinski definition) is 3. The Balaban J connectivity index is 0.00000157. The van der Waals surface area contributed by atoms with Crippen molar-refractivity contribution in [3.63, 3.8) is 0 Å². The molecule has 225 valence electrons. The number of para-hydroxylation sites is 2. The van der Waals surface area contributed by atoms with Crippen LogP contribution >= 0.6 is 50.0 Å². The fraction of sp³-hybridized carbons (Fsp3) is 0.424. The van der Waals surface area contributed by atoms with Crippen LogP contribution in [-0.2, 0) is 17.1 Å². The molecule has 2 aromatic carbocycles. The summed E-state index contributed by atoms with van der Waals surface area (Å²) in [6.07, 6.45) is 0. The van der Waals surface area contributed by atoms with E-state index < -0.39 is 13.6 Å². The molecule has 1 heterocycles. The maximum absolute atomic E-state index is 5.18. The fourth-order valence-electron chi connectivity index (χ4n) is 4.57. The minimum atomic E-state index is -1.35. The van der Waals surface area contributed by atoms with Gasteiger partial charge in [0.2, 0.25) is 0 Å². The summed E-state index contributed by atoms with van der Waals surface area (Å²) >= 11 is 0.682. The average molecular weight is 861 g/mol. The van der Waals surface area contributed by atoms with E-state index in [9.17, 15) is 0 Å². The SMILES string of the molecule is CC(=Nc1c(C(C)C)cccc1C(C)C)c1cccc(C(C)=Nc2c(C(C)C)cccc2C(C)C)n1.ClI(Cl)I.[Mn]. The first-order valence-corrected chi connectivity index (χ1v) is 25.5. The van der Waals surface area contributed by atoms with E-state index in [4.69, 9.17) is 32.8 Å². The van der Waals surface area contributed by atoms with Crippen molar-refractivity contribution in [1.29, 1.82) is 0 Å². The normalized spacial score (nSPS) is 12.5. The Hall–Kier alpha value is -0.511. The first-order valence-electron chi connectivity index (χ1n) is 13.8. The molecule has 1 aromatic heterocycles. The molecule has 0 amide bonds. The molecule has 41 heavy (non-hydrogen) atoms. The Morgan fingerprint density at radius 2 is 0.854 bits per heavy atom. The predicted molar refractivity (Wildman–Crippen MR) is 197 cm³/mol. The molecule has 0 unspecified atom stereocenters. The third kappa shape index (κ3) is 11.5. The molecule has 0 atom stereocenters. The molecule has 1 radical (unpaired) electrons. The van der Waals surface area contributed by atoms with Gasteiger partial charge in [-0.05, 0) is 71.9 Å². The third-order valence-corrected chi connectivity index (χ3v) is 6.73. The van der Waals surface area contributed by atoms with Crippen LogP contribution in [0.5, 0.6) is 0 Å². The van der Waals surface area contributed by atoms with Gasteiger partial charge in [0, 0.05) is 17.1 Å². The van der Waals surface area contributed by atoms with Gasteiger partial charge in [-0.3, -0.25) is 9.98 Å². The zero-order valence-electron chi connectivity index (χ0n) is 25.7. The van der Waals surface area contributed by atoms with Crippen molar-refractivity contribution in [3.8, 4) is 0 Å². The summed E-state index contributed by atoms with van der Waals surface area (Å²) in [4.78, 5) is 15.3. The van der Waals surface area contributed by atoms with Crippen LogP contribution < -0.4 is 0 Å². The molecule has 0 bridgehead atoms. The fourth-order valence-corrected chi connectivity index (χ4v) is 4.57. The van der Waals surface area contributed by atoms with Crippen LogP contribution in [0, 0.1) is 0 Å². The summed E-state index contributed by atoms with van der Waals surface area (Å²) < 4.78 is 0. The second kappa shape index (κ2) is 18.3. The Kier molecular flexibility index (Phi) is 17.2. The summed E-state index contributed by atoms with van der Waals surface area (Å²) in [5.74, 6) is 1.61. The minimum absolute atomic E-state index is 0. The molecule has 8 heteroatoms. The van der Waals surface area contributed by atoms with Crippen molar-refractivity contribution in [2.75, 3.05) is 0 Å². The quantitative estimate of drug-likeness (QED) is 0.126. The van der Waals surface area contributed by atoms with E-state index in [1.54, 1.807) is 0 Å². The van der Waals surface area contributed by atoms with E-state index in [1.165, 1.54) is 22.3 Å². The van der Waals surface area contributed by atoms with Crippen LogP contribution in [0.2, 0.25) is 0 Å². The standard InChI is InChI=1S/C33H43N3.Cl2I2.Mn/c1-20(2)26-14-11-15-27(21(3)4)32(26)34-24(9)30-18-13-19-31(36-30)25(10)35-33-28(22(5)6)16-12-17-29(33)23(7)8;1-4(2)3;/h11-23H,1-10H3;;. The Morgan fingerprint density at radius 1 is 0.610 bits per heavy atom. The van der Waals surface area contributed by atoms with E-state index in [1.807, 2.05) is 30.7 Å². The molecule has 0 fully saturated rings. The number of aliphatic imine (C=N–C) groups is 2. The van der Waals surface area contributed by atoms with Crippen molar-refractivity contribution < 1.29 is 17.1 Å². The van der Waals surface area contributed by atoms with Crippen LogP contribution in [0.3, 0.4) is 0 Å². The Bertz CT molecular complexity index is 1190. The smallest absolute Gasteiger partial charge is 0 e. The van der Waals surface area contributed by atoms with E-state index in [2.05, 4.69) is 112 Å². The summed E-state index contributed by atoms with van der Waals surface area (Å²) in [5.41, 5.74) is 10.9. The van der Waals surface area contributed by atoms with E-state index in [-0.39, 0.29) is 17.1 Å². The van der Waals surface area contributed by atoms with Gasteiger partial charge in [0.1, 0.15) is 0 Å². The molecule has 0 saturated heterocycles. The monoisotopic (exact) mass is 860 g/mol. The van der Waals surface area contributed by atoms with Gasteiger partial charge in [0.05, 0.1) is 34.2 Å². The number of rotatable bonds is 8. The van der Waals surface area contributed by atoms with Gasteiger partial charge < -0.3 is 0 Å². The zero-order chi connectivity index (χ0) is 30.1. The van der Waals surface area contributed by atoms with Gasteiger partial charge in [-0.15, -0.1) is 0 Å². The van der Waals surface area contributed by atoms with E-state index in [0.717, 1.165) is 34.2 Å². The van der Waals surface area contributed by atoms with Gasteiger partial charge in [-0.1, -0.05) is 97.9 Å². The number of hydrogen-bond donors (Lipinski definition) is 0. The topological polar surface area (TPSA) is 37.6 Å². The maximum Gasteiger partial charge on any atom is 0 e. The van der Waals surface area contributed by atoms with E-state index in [0.29, 0.717) is 23.7 Å². The van der Waals surface area contributed by atoms with Crippen LogP contribution in [-0.4, -0.2) is 16.4 Å². The van der Waals surface area contributed by atoms with Crippen LogP contribution in [0.25, 0.3) is 0 Å². The molecule has 0 saturated carbocycles. The molecule has 3 aromatic rings. The number of halogens is 4. The van der Waals surface area contributed by atoms with Crippen molar-refractivity contribution in [1.82, 2.24) is 4.98 Å². The molecule has 0 spiro atoms. The minimum Gasteiger partial charge on any atom is 0 e. The van der Waals surface area contributed by atoms with Crippen LogP contribution in [0.1, 0.15) is 127 Å². The number of nitrogens with zero attached hydrogens (tertiary/aromatic N) is 3. The predicted octanol–water partition coefficient (Wildman–Crippen LogP) is 13.0. The maximum atomic E-state index is 5.18. The van der Waals surface area contributed by atoms with Gasteiger partial charge in [-0.2, -0.15) is 0 Å². The molecule has 3 nitrogen and oxygen atoms in total. The van der Waals surface area contributed by atoms with Crippen LogP contribution in [0.4, 0.5) is 11.4 Å². The molecular formula is C33H43Cl2I2MnN3. The number of benzene rings is 2.